The molecule has 0 fully saturated rings. The lowest BCUT2D eigenvalue weighted by Crippen LogP contribution is -2.50. The predicted molar refractivity (Wildman–Crippen MR) is 161 cm³/mol. The van der Waals surface area contributed by atoms with Gasteiger partial charge in [-0.25, -0.2) is 0 Å². The second kappa shape index (κ2) is 12.9. The maximum absolute atomic E-state index is 13.5. The average Bonchev–Trinajstić information content (AvgIpc) is 2.83. The van der Waals surface area contributed by atoms with Crippen molar-refractivity contribution in [2.45, 2.75) is 78.0 Å². The van der Waals surface area contributed by atoms with Gasteiger partial charge in [-0.05, 0) is 56.2 Å². The highest BCUT2D eigenvalue weighted by atomic mass is 28.4. The second-order valence-corrected chi connectivity index (χ2v) is 20.8. The van der Waals surface area contributed by atoms with Crippen molar-refractivity contribution in [1.82, 2.24) is 0 Å². The fourth-order valence-corrected chi connectivity index (χ4v) is 7.39. The number of benzene rings is 2. The first-order valence-electron chi connectivity index (χ1n) is 13.2. The maximum atomic E-state index is 13.5. The predicted octanol–water partition coefficient (Wildman–Crippen LogP) is 6.78. The van der Waals surface area contributed by atoms with Crippen molar-refractivity contribution in [3.05, 3.63) is 66.4 Å². The summed E-state index contributed by atoms with van der Waals surface area (Å²) in [5.74, 6) is 0.0170. The van der Waals surface area contributed by atoms with E-state index in [0.717, 1.165) is 11.4 Å². The Hall–Kier alpha value is -2.36. The van der Waals surface area contributed by atoms with Crippen LogP contribution < -0.4 is 15.2 Å². The van der Waals surface area contributed by atoms with E-state index < -0.39 is 22.3 Å². The van der Waals surface area contributed by atoms with Crippen LogP contribution in [0.4, 0.5) is 5.69 Å². The Labute approximate surface area is 226 Å². The summed E-state index contributed by atoms with van der Waals surface area (Å²) < 4.78 is 17.7. The van der Waals surface area contributed by atoms with Gasteiger partial charge in [0.05, 0.1) is 25.9 Å². The van der Waals surface area contributed by atoms with Crippen molar-refractivity contribution < 1.29 is 18.7 Å². The SMILES string of the molecule is CCOC(=O)[C@@H]([C@H](/C=C/[Si](C)(C)c1ccccc1)Nc1ccc(OC)cc1)[C@H](C)O[Si](C)(C)C(C)(C)C. The van der Waals surface area contributed by atoms with Crippen LogP contribution in [0.25, 0.3) is 0 Å². The van der Waals surface area contributed by atoms with Gasteiger partial charge in [-0.2, -0.15) is 0 Å². The molecule has 204 valence electrons. The highest BCUT2D eigenvalue weighted by molar-refractivity contribution is 6.93. The molecular weight excluding hydrogens is 495 g/mol. The normalized spacial score (nSPS) is 15.2. The molecule has 2 aromatic rings. The van der Waals surface area contributed by atoms with E-state index in [2.05, 4.69) is 88.3 Å². The zero-order chi connectivity index (χ0) is 27.9. The van der Waals surface area contributed by atoms with E-state index in [9.17, 15) is 4.79 Å². The summed E-state index contributed by atoms with van der Waals surface area (Å²) in [6.45, 7) is 19.9. The van der Waals surface area contributed by atoms with Gasteiger partial charge >= 0.3 is 5.97 Å². The minimum absolute atomic E-state index is 0.0252. The summed E-state index contributed by atoms with van der Waals surface area (Å²) in [4.78, 5) is 13.5. The summed E-state index contributed by atoms with van der Waals surface area (Å²) in [6.07, 6.45) is 1.83. The Bertz CT molecular complexity index is 1010. The van der Waals surface area contributed by atoms with Gasteiger partial charge in [-0.1, -0.05) is 81.2 Å². The van der Waals surface area contributed by atoms with Crippen molar-refractivity contribution in [2.24, 2.45) is 5.92 Å². The molecule has 2 aromatic carbocycles. The highest BCUT2D eigenvalue weighted by Crippen LogP contribution is 2.38. The number of hydrogen-bond donors (Lipinski definition) is 1. The minimum atomic E-state index is -2.13. The summed E-state index contributed by atoms with van der Waals surface area (Å²) in [6, 6.07) is 18.1. The molecule has 37 heavy (non-hydrogen) atoms. The fourth-order valence-electron chi connectivity index (χ4n) is 4.03. The highest BCUT2D eigenvalue weighted by Gasteiger charge is 2.43. The van der Waals surface area contributed by atoms with E-state index in [4.69, 9.17) is 13.9 Å². The Morgan fingerprint density at radius 1 is 1.00 bits per heavy atom. The summed E-state index contributed by atoms with van der Waals surface area (Å²) in [5, 5.41) is 4.98. The van der Waals surface area contributed by atoms with Crippen LogP contribution in [0, 0.1) is 5.92 Å². The molecule has 5 nitrogen and oxygen atoms in total. The Kier molecular flexibility index (Phi) is 10.8. The fraction of sp³-hybridized carbons (Fsp3) is 0.500. The first-order valence-corrected chi connectivity index (χ1v) is 19.2. The molecule has 1 N–H and O–H groups in total. The molecule has 7 heteroatoms. The van der Waals surface area contributed by atoms with Gasteiger partial charge in [0.2, 0.25) is 0 Å². The average molecular weight is 542 g/mol. The first-order chi connectivity index (χ1) is 17.2. The van der Waals surface area contributed by atoms with Gasteiger partial charge in [0.1, 0.15) is 19.7 Å². The second-order valence-electron chi connectivity index (χ2n) is 11.7. The molecule has 3 atom stereocenters. The van der Waals surface area contributed by atoms with Crippen LogP contribution in [0.15, 0.2) is 66.4 Å². The molecule has 0 spiro atoms. The number of carbonyl (C=O) groups is 1. The number of carbonyl (C=O) groups excluding carboxylic acids is 1. The molecule has 0 saturated heterocycles. The lowest BCUT2D eigenvalue weighted by molar-refractivity contribution is -0.151. The van der Waals surface area contributed by atoms with Gasteiger partial charge in [-0.15, -0.1) is 0 Å². The van der Waals surface area contributed by atoms with Crippen LogP contribution in [0.5, 0.6) is 5.75 Å². The third-order valence-corrected chi connectivity index (χ3v) is 14.8. The molecular formula is C30H47NO4Si2. The Balaban J connectivity index is 2.52. The lowest BCUT2D eigenvalue weighted by atomic mass is 9.94. The van der Waals surface area contributed by atoms with Crippen molar-refractivity contribution in [3.8, 4) is 5.75 Å². The van der Waals surface area contributed by atoms with Crippen LogP contribution in [0.1, 0.15) is 34.6 Å². The summed E-state index contributed by atoms with van der Waals surface area (Å²) in [5.41, 5.74) is 3.22. The van der Waals surface area contributed by atoms with E-state index >= 15 is 0 Å². The van der Waals surface area contributed by atoms with E-state index in [0.29, 0.717) is 6.61 Å². The minimum Gasteiger partial charge on any atom is -0.497 e. The molecule has 0 saturated carbocycles. The van der Waals surface area contributed by atoms with Crippen LogP contribution in [0.3, 0.4) is 0 Å². The third kappa shape index (κ3) is 8.58. The number of methoxy groups -OCH3 is 1. The van der Waals surface area contributed by atoms with E-state index in [-0.39, 0.29) is 23.2 Å². The number of anilines is 1. The molecule has 2 rings (SSSR count). The zero-order valence-electron chi connectivity index (χ0n) is 24.4. The molecule has 0 amide bonds. The number of esters is 1. The molecule has 0 heterocycles. The van der Waals surface area contributed by atoms with Gasteiger partial charge in [0.15, 0.2) is 8.32 Å². The zero-order valence-corrected chi connectivity index (χ0v) is 26.4. The molecule has 0 aliphatic rings. The summed E-state index contributed by atoms with van der Waals surface area (Å²) in [7, 11) is -2.39. The van der Waals surface area contributed by atoms with Crippen LogP contribution in [-0.4, -0.2) is 48.2 Å². The van der Waals surface area contributed by atoms with E-state index in [1.54, 1.807) is 7.11 Å². The van der Waals surface area contributed by atoms with Gasteiger partial charge < -0.3 is 19.2 Å². The topological polar surface area (TPSA) is 56.8 Å². The lowest BCUT2D eigenvalue weighted by Gasteiger charge is -2.41. The Morgan fingerprint density at radius 2 is 1.59 bits per heavy atom. The van der Waals surface area contributed by atoms with Crippen LogP contribution in [-0.2, 0) is 14.0 Å². The third-order valence-electron chi connectivity index (χ3n) is 7.40. The maximum Gasteiger partial charge on any atom is 0.313 e. The van der Waals surface area contributed by atoms with Gasteiger partial charge in [0, 0.05) is 5.69 Å². The van der Waals surface area contributed by atoms with Crippen molar-refractivity contribution in [1.29, 1.82) is 0 Å². The molecule has 0 aliphatic carbocycles. The standard InChI is InChI=1S/C30H47NO4Si2/c1-11-34-29(32)28(23(2)35-37(9,10)30(3,4)5)27(31-24-17-19-25(33-6)20-18-24)21-22-36(7,8)26-15-13-12-14-16-26/h12-23,27-28,31H,11H2,1-10H3/b22-21+/t23-,27-,28+/m0/s1. The van der Waals surface area contributed by atoms with Crippen molar-refractivity contribution in [2.75, 3.05) is 19.0 Å². The van der Waals surface area contributed by atoms with Crippen LogP contribution >= 0.6 is 0 Å². The summed E-state index contributed by atoms with van der Waals surface area (Å²) >= 11 is 0. The molecule has 0 radical (unpaired) electrons. The molecule has 0 bridgehead atoms. The molecule has 0 unspecified atom stereocenters. The smallest absolute Gasteiger partial charge is 0.313 e. The first kappa shape index (κ1) is 30.9. The molecule has 0 aliphatic heterocycles. The number of ether oxygens (including phenoxy) is 2. The quantitative estimate of drug-likeness (QED) is 0.237. The number of hydrogen-bond acceptors (Lipinski definition) is 5. The van der Waals surface area contributed by atoms with E-state index in [1.165, 1.54) is 5.19 Å². The van der Waals surface area contributed by atoms with Gasteiger partial charge in [0.25, 0.3) is 0 Å². The number of nitrogens with one attached hydrogen (secondary N) is 1. The van der Waals surface area contributed by atoms with Crippen molar-refractivity contribution in [3.63, 3.8) is 0 Å². The van der Waals surface area contributed by atoms with Crippen LogP contribution in [0.2, 0.25) is 31.2 Å². The van der Waals surface area contributed by atoms with Crippen molar-refractivity contribution >= 4 is 33.2 Å². The number of rotatable bonds is 12. The Morgan fingerprint density at radius 3 is 2.11 bits per heavy atom. The molecule has 0 aromatic heterocycles. The van der Waals surface area contributed by atoms with Gasteiger partial charge in [-0.3, -0.25) is 4.79 Å². The largest absolute Gasteiger partial charge is 0.497 e. The van der Waals surface area contributed by atoms with E-state index in [1.807, 2.05) is 44.2 Å². The monoisotopic (exact) mass is 541 g/mol.